The number of rotatable bonds is 4. The number of aromatic nitrogens is 6. The predicted molar refractivity (Wildman–Crippen MR) is 105 cm³/mol. The van der Waals surface area contributed by atoms with E-state index >= 15 is 0 Å². The first-order chi connectivity index (χ1) is 15.4. The zero-order valence-electron chi connectivity index (χ0n) is 15.8. The van der Waals surface area contributed by atoms with Crippen molar-refractivity contribution >= 4 is 17.5 Å². The molecule has 0 unspecified atom stereocenters. The van der Waals surface area contributed by atoms with E-state index in [1.165, 1.54) is 47.2 Å². The van der Waals surface area contributed by atoms with Crippen molar-refractivity contribution in [2.45, 2.75) is 16.4 Å². The van der Waals surface area contributed by atoms with Crippen LogP contribution in [0.1, 0.15) is 5.56 Å². The van der Waals surface area contributed by atoms with Crippen molar-refractivity contribution in [3.8, 4) is 22.7 Å². The summed E-state index contributed by atoms with van der Waals surface area (Å²) in [7, 11) is 0. The first kappa shape index (κ1) is 20.1. The van der Waals surface area contributed by atoms with E-state index in [1.807, 2.05) is 0 Å². The number of alkyl halides is 3. The van der Waals surface area contributed by atoms with Gasteiger partial charge in [-0.15, -0.1) is 10.2 Å². The van der Waals surface area contributed by atoms with Gasteiger partial charge in [-0.2, -0.15) is 27.8 Å². The molecule has 0 atom stereocenters. The molecule has 5 rings (SSSR count). The molecular formula is C20H10F4N6OS. The van der Waals surface area contributed by atoms with Crippen molar-refractivity contribution in [3.63, 3.8) is 0 Å². The van der Waals surface area contributed by atoms with E-state index in [2.05, 4.69) is 25.3 Å². The minimum atomic E-state index is -4.48. The fourth-order valence-corrected chi connectivity index (χ4v) is 3.68. The maximum atomic E-state index is 13.1. The Morgan fingerprint density at radius 3 is 2.53 bits per heavy atom. The van der Waals surface area contributed by atoms with Gasteiger partial charge in [0.25, 0.3) is 11.0 Å². The molecule has 0 aliphatic carbocycles. The standard InChI is InChI=1S/C20H10F4N6OS/c21-14-6-4-11(5-7-14)17-28-29-19(31-17)32-16-9-15(27-18-25-10-26-30(16)18)12-2-1-3-13(8-12)20(22,23)24/h1-10H. The lowest BCUT2D eigenvalue weighted by Crippen LogP contribution is -2.05. The fraction of sp³-hybridized carbons (Fsp3) is 0.0500. The third-order valence-corrected chi connectivity index (χ3v) is 5.23. The number of hydrogen-bond donors (Lipinski definition) is 0. The van der Waals surface area contributed by atoms with Crippen LogP contribution in [0.3, 0.4) is 0 Å². The van der Waals surface area contributed by atoms with Gasteiger partial charge in [-0.05, 0) is 54.2 Å². The Kier molecular flexibility index (Phi) is 4.85. The number of hydrogen-bond acceptors (Lipinski definition) is 7. The second-order valence-electron chi connectivity index (χ2n) is 6.51. The normalized spacial score (nSPS) is 11.9. The van der Waals surface area contributed by atoms with Gasteiger partial charge in [0, 0.05) is 11.1 Å². The summed E-state index contributed by atoms with van der Waals surface area (Å²) in [6, 6.07) is 12.0. The number of halogens is 4. The molecule has 0 saturated heterocycles. The van der Waals surface area contributed by atoms with Crippen molar-refractivity contribution in [1.82, 2.24) is 29.8 Å². The summed E-state index contributed by atoms with van der Waals surface area (Å²) in [6.45, 7) is 0. The molecule has 0 saturated carbocycles. The van der Waals surface area contributed by atoms with Crippen LogP contribution in [0.4, 0.5) is 17.6 Å². The summed E-state index contributed by atoms with van der Waals surface area (Å²) >= 11 is 1.04. The molecule has 3 aromatic heterocycles. The molecule has 0 fully saturated rings. The van der Waals surface area contributed by atoms with Crippen molar-refractivity contribution in [3.05, 3.63) is 72.3 Å². The molecule has 32 heavy (non-hydrogen) atoms. The highest BCUT2D eigenvalue weighted by molar-refractivity contribution is 7.99. The molecule has 12 heteroatoms. The van der Waals surface area contributed by atoms with Crippen LogP contribution in [-0.4, -0.2) is 29.8 Å². The molecule has 5 aromatic rings. The summed E-state index contributed by atoms with van der Waals surface area (Å²) in [5.74, 6) is -0.00878. The minimum Gasteiger partial charge on any atom is -0.411 e. The molecule has 3 heterocycles. The molecule has 0 aliphatic heterocycles. The SMILES string of the molecule is Fc1ccc(-c2nnc(Sc3cc(-c4cccc(C(F)(F)F)c4)nc4ncnn34)o2)cc1. The zero-order chi connectivity index (χ0) is 22.3. The Morgan fingerprint density at radius 1 is 0.938 bits per heavy atom. The van der Waals surface area contributed by atoms with Crippen LogP contribution in [-0.2, 0) is 6.18 Å². The first-order valence-electron chi connectivity index (χ1n) is 9.02. The van der Waals surface area contributed by atoms with Gasteiger partial charge in [-0.25, -0.2) is 9.37 Å². The molecule has 0 amide bonds. The van der Waals surface area contributed by atoms with Crippen LogP contribution < -0.4 is 0 Å². The van der Waals surface area contributed by atoms with Gasteiger partial charge in [0.2, 0.25) is 5.89 Å². The highest BCUT2D eigenvalue weighted by atomic mass is 32.2. The third kappa shape index (κ3) is 3.91. The quantitative estimate of drug-likeness (QED) is 0.272. The maximum Gasteiger partial charge on any atom is 0.416 e. The van der Waals surface area contributed by atoms with Crippen LogP contribution in [0, 0.1) is 5.82 Å². The van der Waals surface area contributed by atoms with Crippen molar-refractivity contribution in [2.24, 2.45) is 0 Å². The smallest absolute Gasteiger partial charge is 0.411 e. The molecule has 0 spiro atoms. The van der Waals surface area contributed by atoms with E-state index in [1.54, 1.807) is 6.07 Å². The molecule has 0 radical (unpaired) electrons. The van der Waals surface area contributed by atoms with E-state index in [-0.39, 0.29) is 28.1 Å². The average molecular weight is 458 g/mol. The van der Waals surface area contributed by atoms with Gasteiger partial charge < -0.3 is 4.42 Å². The summed E-state index contributed by atoms with van der Waals surface area (Å²) in [5.41, 5.74) is 0.297. The molecule has 0 aliphatic rings. The molecule has 2 aromatic carbocycles. The number of benzene rings is 2. The lowest BCUT2D eigenvalue weighted by atomic mass is 10.1. The Bertz CT molecular complexity index is 1410. The van der Waals surface area contributed by atoms with E-state index in [0.717, 1.165) is 23.9 Å². The van der Waals surface area contributed by atoms with Crippen LogP contribution in [0.2, 0.25) is 0 Å². The monoisotopic (exact) mass is 458 g/mol. The Morgan fingerprint density at radius 2 is 1.75 bits per heavy atom. The maximum absolute atomic E-state index is 13.1. The van der Waals surface area contributed by atoms with Gasteiger partial charge in [-0.1, -0.05) is 12.1 Å². The summed E-state index contributed by atoms with van der Waals surface area (Å²) in [6.07, 6.45) is -3.20. The molecule has 7 nitrogen and oxygen atoms in total. The fourth-order valence-electron chi connectivity index (χ4n) is 2.91. The van der Waals surface area contributed by atoms with E-state index in [9.17, 15) is 17.6 Å². The predicted octanol–water partition coefficient (Wildman–Crippen LogP) is 5.15. The van der Waals surface area contributed by atoms with Gasteiger partial charge in [0.05, 0.1) is 11.3 Å². The lowest BCUT2D eigenvalue weighted by Gasteiger charge is -2.09. The average Bonchev–Trinajstić information content (AvgIpc) is 3.43. The molecule has 0 bridgehead atoms. The Balaban J connectivity index is 1.52. The van der Waals surface area contributed by atoms with E-state index in [0.29, 0.717) is 10.6 Å². The van der Waals surface area contributed by atoms with E-state index in [4.69, 9.17) is 4.42 Å². The largest absolute Gasteiger partial charge is 0.416 e. The summed E-state index contributed by atoms with van der Waals surface area (Å²) in [5, 5.41) is 12.6. The van der Waals surface area contributed by atoms with Crippen molar-refractivity contribution < 1.29 is 22.0 Å². The van der Waals surface area contributed by atoms with Crippen LogP contribution in [0.5, 0.6) is 0 Å². The van der Waals surface area contributed by atoms with Crippen LogP contribution in [0.15, 0.2) is 75.6 Å². The van der Waals surface area contributed by atoms with Gasteiger partial charge in [-0.3, -0.25) is 0 Å². The van der Waals surface area contributed by atoms with E-state index < -0.39 is 17.6 Å². The highest BCUT2D eigenvalue weighted by Crippen LogP contribution is 2.34. The van der Waals surface area contributed by atoms with Gasteiger partial charge in [0.15, 0.2) is 0 Å². The van der Waals surface area contributed by atoms with Crippen LogP contribution >= 0.6 is 11.8 Å². The lowest BCUT2D eigenvalue weighted by molar-refractivity contribution is -0.137. The van der Waals surface area contributed by atoms with Crippen molar-refractivity contribution in [1.29, 1.82) is 0 Å². The van der Waals surface area contributed by atoms with Crippen LogP contribution in [0.25, 0.3) is 28.5 Å². The number of fused-ring (bicyclic) bond motifs is 1. The third-order valence-electron chi connectivity index (χ3n) is 4.39. The number of nitrogens with zero attached hydrogens (tertiary/aromatic N) is 6. The minimum absolute atomic E-state index is 0.155. The van der Waals surface area contributed by atoms with Gasteiger partial charge in [0.1, 0.15) is 17.2 Å². The second-order valence-corrected chi connectivity index (χ2v) is 7.48. The second kappa shape index (κ2) is 7.71. The summed E-state index contributed by atoms with van der Waals surface area (Å²) < 4.78 is 59.5. The zero-order valence-corrected chi connectivity index (χ0v) is 16.6. The summed E-state index contributed by atoms with van der Waals surface area (Å²) in [4.78, 5) is 8.34. The van der Waals surface area contributed by atoms with Crippen molar-refractivity contribution in [2.75, 3.05) is 0 Å². The molecule has 160 valence electrons. The molecule has 0 N–H and O–H groups in total. The molecular weight excluding hydrogens is 448 g/mol. The highest BCUT2D eigenvalue weighted by Gasteiger charge is 2.30. The Hall–Kier alpha value is -3.80. The van der Waals surface area contributed by atoms with Gasteiger partial charge >= 0.3 is 6.18 Å². The topological polar surface area (TPSA) is 82.0 Å². The first-order valence-corrected chi connectivity index (χ1v) is 9.84. The Labute approximate surface area is 181 Å².